The Kier molecular flexibility index (Phi) is 5.91. The molecule has 3 aromatic rings. The van der Waals surface area contributed by atoms with Crippen LogP contribution in [0, 0.1) is 5.82 Å². The number of aryl methyl sites for hydroxylation is 1. The van der Waals surface area contributed by atoms with Gasteiger partial charge in [0.1, 0.15) is 11.5 Å². The molecule has 0 atom stereocenters. The molecular weight excluding hydrogens is 413 g/mol. The Morgan fingerprint density at radius 2 is 1.70 bits per heavy atom. The first kappa shape index (κ1) is 19.1. The Morgan fingerprint density at radius 3 is 2.41 bits per heavy atom. The molecule has 1 aromatic heterocycles. The van der Waals surface area contributed by atoms with Crippen LogP contribution in [0.3, 0.4) is 0 Å². The summed E-state index contributed by atoms with van der Waals surface area (Å²) in [6.07, 6.45) is 0.170. The van der Waals surface area contributed by atoms with Gasteiger partial charge >= 0.3 is 0 Å². The van der Waals surface area contributed by atoms with Crippen molar-refractivity contribution >= 4 is 38.6 Å². The van der Waals surface area contributed by atoms with Crippen molar-refractivity contribution in [3.05, 3.63) is 70.1 Å². The van der Waals surface area contributed by atoms with E-state index in [2.05, 4.69) is 26.6 Å². The predicted molar refractivity (Wildman–Crippen MR) is 106 cm³/mol. The van der Waals surface area contributed by atoms with Crippen LogP contribution >= 0.6 is 15.9 Å². The van der Waals surface area contributed by atoms with E-state index in [0.717, 1.165) is 20.9 Å². The highest BCUT2D eigenvalue weighted by molar-refractivity contribution is 9.10. The summed E-state index contributed by atoms with van der Waals surface area (Å²) in [7, 11) is 1.84. The number of benzene rings is 2. The summed E-state index contributed by atoms with van der Waals surface area (Å²) in [5.74, 6) is -0.726. The number of hydrogen-bond donors (Lipinski definition) is 2. The first-order valence-electron chi connectivity index (χ1n) is 8.49. The number of carbonyl (C=O) groups excluding carboxylic acids is 2. The molecule has 7 heteroatoms. The largest absolute Gasteiger partial charge is 0.354 e. The quantitative estimate of drug-likeness (QED) is 0.588. The second-order valence-corrected chi connectivity index (χ2v) is 6.94. The van der Waals surface area contributed by atoms with Gasteiger partial charge in [0.2, 0.25) is 5.91 Å². The summed E-state index contributed by atoms with van der Waals surface area (Å²) in [5.41, 5.74) is 2.23. The van der Waals surface area contributed by atoms with Gasteiger partial charge in [0.05, 0.1) is 10.9 Å². The highest BCUT2D eigenvalue weighted by Gasteiger charge is 2.18. The number of amides is 2. The molecule has 0 unspecified atom stereocenters. The van der Waals surface area contributed by atoms with Gasteiger partial charge in [-0.15, -0.1) is 0 Å². The molecule has 1 heterocycles. The number of hydrogen-bond acceptors (Lipinski definition) is 2. The monoisotopic (exact) mass is 431 g/mol. The van der Waals surface area contributed by atoms with Gasteiger partial charge in [0.15, 0.2) is 0 Å². The Balaban J connectivity index is 1.51. The van der Waals surface area contributed by atoms with Crippen LogP contribution in [0.15, 0.2) is 53.0 Å². The first-order valence-corrected chi connectivity index (χ1v) is 9.29. The Morgan fingerprint density at radius 1 is 1.04 bits per heavy atom. The lowest BCUT2D eigenvalue weighted by molar-refractivity contribution is -0.120. The number of aromatic nitrogens is 1. The second kappa shape index (κ2) is 8.35. The van der Waals surface area contributed by atoms with E-state index < -0.39 is 0 Å². The van der Waals surface area contributed by atoms with E-state index in [0.29, 0.717) is 18.8 Å². The zero-order chi connectivity index (χ0) is 19.4. The molecule has 140 valence electrons. The van der Waals surface area contributed by atoms with Crippen LogP contribution in [0.5, 0.6) is 0 Å². The molecule has 0 aliphatic rings. The second-order valence-electron chi connectivity index (χ2n) is 6.15. The molecule has 0 spiro atoms. The van der Waals surface area contributed by atoms with Gasteiger partial charge in [-0.1, -0.05) is 30.3 Å². The summed E-state index contributed by atoms with van der Waals surface area (Å²) >= 11 is 3.50. The van der Waals surface area contributed by atoms with E-state index in [9.17, 15) is 14.0 Å². The third-order valence-corrected chi connectivity index (χ3v) is 5.07. The topological polar surface area (TPSA) is 63.1 Å². The van der Waals surface area contributed by atoms with E-state index >= 15 is 0 Å². The van der Waals surface area contributed by atoms with Crippen molar-refractivity contribution in [1.29, 1.82) is 0 Å². The third kappa shape index (κ3) is 4.36. The van der Waals surface area contributed by atoms with Crippen molar-refractivity contribution in [1.82, 2.24) is 15.2 Å². The fraction of sp³-hybridized carbons (Fsp3) is 0.200. The zero-order valence-corrected chi connectivity index (χ0v) is 16.3. The fourth-order valence-electron chi connectivity index (χ4n) is 2.91. The summed E-state index contributed by atoms with van der Waals surface area (Å²) in [6.45, 7) is 0.620. The molecule has 2 N–H and O–H groups in total. The SMILES string of the molecule is Cn1c(C(=O)NCCNC(=O)Cc2ccc(F)cc2)c(Br)c2ccccc21. The molecule has 3 rings (SSSR count). The van der Waals surface area contributed by atoms with Crippen LogP contribution in [0.1, 0.15) is 16.1 Å². The molecule has 0 saturated carbocycles. The smallest absolute Gasteiger partial charge is 0.269 e. The molecule has 5 nitrogen and oxygen atoms in total. The van der Waals surface area contributed by atoms with Crippen LogP contribution in [0.2, 0.25) is 0 Å². The molecule has 0 aliphatic heterocycles. The van der Waals surface area contributed by atoms with E-state index in [1.165, 1.54) is 12.1 Å². The Hall–Kier alpha value is -2.67. The maximum absolute atomic E-state index is 12.9. The lowest BCUT2D eigenvalue weighted by Gasteiger charge is -2.09. The van der Waals surface area contributed by atoms with E-state index in [1.807, 2.05) is 35.9 Å². The van der Waals surface area contributed by atoms with Gasteiger partial charge in [0, 0.05) is 31.0 Å². The maximum atomic E-state index is 12.9. The van der Waals surface area contributed by atoms with E-state index in [4.69, 9.17) is 0 Å². The normalized spacial score (nSPS) is 10.8. The highest BCUT2D eigenvalue weighted by Crippen LogP contribution is 2.29. The number of nitrogens with one attached hydrogen (secondary N) is 2. The minimum atomic E-state index is -0.332. The molecule has 27 heavy (non-hydrogen) atoms. The molecular formula is C20H19BrFN3O2. The van der Waals surface area contributed by atoms with E-state index in [1.54, 1.807) is 12.1 Å². The summed E-state index contributed by atoms with van der Waals surface area (Å²) < 4.78 is 15.5. The van der Waals surface area contributed by atoms with Crippen molar-refractivity contribution in [2.75, 3.05) is 13.1 Å². The lowest BCUT2D eigenvalue weighted by atomic mass is 10.1. The van der Waals surface area contributed by atoms with Gasteiger partial charge in [-0.2, -0.15) is 0 Å². The number of halogens is 2. The number of nitrogens with zero attached hydrogens (tertiary/aromatic N) is 1. The average molecular weight is 432 g/mol. The molecule has 2 amide bonds. The van der Waals surface area contributed by atoms with Gasteiger partial charge in [-0.05, 0) is 39.7 Å². The van der Waals surface area contributed by atoms with Gasteiger partial charge in [-0.3, -0.25) is 9.59 Å². The fourth-order valence-corrected chi connectivity index (χ4v) is 3.69. The van der Waals surface area contributed by atoms with Gasteiger partial charge < -0.3 is 15.2 Å². The standard InChI is InChI=1S/C20H19BrFN3O2/c1-25-16-5-3-2-4-15(16)18(21)19(25)20(27)24-11-10-23-17(26)12-13-6-8-14(22)9-7-13/h2-9H,10-12H2,1H3,(H,23,26)(H,24,27). The average Bonchev–Trinajstić information content (AvgIpc) is 2.92. The molecule has 2 aromatic carbocycles. The van der Waals surface area contributed by atoms with Crippen LogP contribution in [0.4, 0.5) is 4.39 Å². The first-order chi connectivity index (χ1) is 13.0. The summed E-state index contributed by atoms with van der Waals surface area (Å²) in [6, 6.07) is 13.6. The van der Waals surface area contributed by atoms with Crippen LogP contribution in [-0.4, -0.2) is 29.5 Å². The Labute approximate surface area is 164 Å². The van der Waals surface area contributed by atoms with Gasteiger partial charge in [0.25, 0.3) is 5.91 Å². The molecule has 0 radical (unpaired) electrons. The predicted octanol–water partition coefficient (Wildman–Crippen LogP) is 3.17. The van der Waals surface area contributed by atoms with Crippen molar-refractivity contribution < 1.29 is 14.0 Å². The van der Waals surface area contributed by atoms with Crippen molar-refractivity contribution in [2.24, 2.45) is 7.05 Å². The molecule has 0 saturated heterocycles. The maximum Gasteiger partial charge on any atom is 0.269 e. The molecule has 0 fully saturated rings. The number of para-hydroxylation sites is 1. The van der Waals surface area contributed by atoms with E-state index in [-0.39, 0.29) is 24.1 Å². The van der Waals surface area contributed by atoms with Crippen LogP contribution in [0.25, 0.3) is 10.9 Å². The number of rotatable bonds is 6. The highest BCUT2D eigenvalue weighted by atomic mass is 79.9. The van der Waals surface area contributed by atoms with Crippen molar-refractivity contribution in [2.45, 2.75) is 6.42 Å². The summed E-state index contributed by atoms with van der Waals surface area (Å²) in [4.78, 5) is 24.4. The lowest BCUT2D eigenvalue weighted by Crippen LogP contribution is -2.36. The van der Waals surface area contributed by atoms with Crippen molar-refractivity contribution in [3.63, 3.8) is 0 Å². The van der Waals surface area contributed by atoms with Crippen LogP contribution < -0.4 is 10.6 Å². The number of carbonyl (C=O) groups is 2. The zero-order valence-electron chi connectivity index (χ0n) is 14.8. The summed E-state index contributed by atoms with van der Waals surface area (Å²) in [5, 5.41) is 6.53. The number of fused-ring (bicyclic) bond motifs is 1. The van der Waals surface area contributed by atoms with Crippen LogP contribution in [-0.2, 0) is 18.3 Å². The Bertz CT molecular complexity index is 944. The third-order valence-electron chi connectivity index (χ3n) is 4.27. The molecule has 0 aliphatic carbocycles. The van der Waals surface area contributed by atoms with Gasteiger partial charge in [-0.25, -0.2) is 4.39 Å². The minimum Gasteiger partial charge on any atom is -0.354 e. The molecule has 0 bridgehead atoms. The minimum absolute atomic E-state index is 0.170. The van der Waals surface area contributed by atoms with Crippen molar-refractivity contribution in [3.8, 4) is 0 Å².